The Bertz CT molecular complexity index is 530. The van der Waals surface area contributed by atoms with E-state index < -0.39 is 0 Å². The van der Waals surface area contributed by atoms with Gasteiger partial charge in [0, 0.05) is 19.5 Å². The van der Waals surface area contributed by atoms with E-state index in [4.69, 9.17) is 9.47 Å². The van der Waals surface area contributed by atoms with Gasteiger partial charge in [0.15, 0.2) is 6.61 Å². The van der Waals surface area contributed by atoms with Gasteiger partial charge in [0.2, 0.25) is 0 Å². The average molecular weight is 319 g/mol. The fraction of sp³-hybridized carbons (Fsp3) is 0.556. The van der Waals surface area contributed by atoms with Gasteiger partial charge in [-0.25, -0.2) is 0 Å². The fourth-order valence-electron chi connectivity index (χ4n) is 2.69. The minimum absolute atomic E-state index is 0.0207. The Morgan fingerprint density at radius 3 is 2.35 bits per heavy atom. The van der Waals surface area contributed by atoms with Gasteiger partial charge in [0.05, 0.1) is 12.2 Å². The zero-order chi connectivity index (χ0) is 16.8. The molecule has 1 aliphatic heterocycles. The molecule has 0 aromatic heterocycles. The van der Waals surface area contributed by atoms with Crippen LogP contribution in [-0.4, -0.2) is 48.5 Å². The Hall–Kier alpha value is -1.88. The molecule has 0 saturated carbocycles. The Morgan fingerprint density at radius 2 is 1.78 bits per heavy atom. The highest BCUT2D eigenvalue weighted by atomic mass is 16.5. The van der Waals surface area contributed by atoms with Crippen LogP contribution in [0, 0.1) is 0 Å². The van der Waals surface area contributed by atoms with Crippen molar-refractivity contribution in [2.24, 2.45) is 0 Å². The molecule has 2 atom stereocenters. The van der Waals surface area contributed by atoms with Crippen molar-refractivity contribution in [3.05, 3.63) is 29.8 Å². The number of aryl methyl sites for hydroxylation is 1. The lowest BCUT2D eigenvalue weighted by Gasteiger charge is -2.35. The summed E-state index contributed by atoms with van der Waals surface area (Å²) in [6, 6.07) is 7.55. The number of ketones is 1. The van der Waals surface area contributed by atoms with Crippen LogP contribution in [0.4, 0.5) is 0 Å². The molecule has 0 aliphatic carbocycles. The van der Waals surface area contributed by atoms with E-state index >= 15 is 0 Å². The van der Waals surface area contributed by atoms with Gasteiger partial charge in [-0.1, -0.05) is 12.1 Å². The van der Waals surface area contributed by atoms with Crippen molar-refractivity contribution in [3.8, 4) is 5.75 Å². The van der Waals surface area contributed by atoms with E-state index in [0.717, 1.165) is 12.0 Å². The van der Waals surface area contributed by atoms with E-state index in [9.17, 15) is 9.59 Å². The van der Waals surface area contributed by atoms with Gasteiger partial charge in [-0.3, -0.25) is 4.79 Å². The summed E-state index contributed by atoms with van der Waals surface area (Å²) in [7, 11) is 0. The second-order valence-corrected chi connectivity index (χ2v) is 6.19. The molecule has 5 heteroatoms. The molecule has 2 rings (SSSR count). The van der Waals surface area contributed by atoms with Gasteiger partial charge in [-0.15, -0.1) is 0 Å². The van der Waals surface area contributed by atoms with E-state index in [1.54, 1.807) is 11.8 Å². The van der Waals surface area contributed by atoms with Crippen LogP contribution in [0.5, 0.6) is 5.75 Å². The summed E-state index contributed by atoms with van der Waals surface area (Å²) >= 11 is 0. The number of morpholine rings is 1. The second-order valence-electron chi connectivity index (χ2n) is 6.19. The van der Waals surface area contributed by atoms with Crippen molar-refractivity contribution in [2.75, 3.05) is 19.7 Å². The maximum Gasteiger partial charge on any atom is 0.260 e. The summed E-state index contributed by atoms with van der Waals surface area (Å²) < 4.78 is 11.2. The monoisotopic (exact) mass is 319 g/mol. The molecule has 1 aliphatic rings. The van der Waals surface area contributed by atoms with Crippen LogP contribution < -0.4 is 4.74 Å². The summed E-state index contributed by atoms with van der Waals surface area (Å²) in [5.74, 6) is 0.830. The number of hydrogen-bond donors (Lipinski definition) is 0. The van der Waals surface area contributed by atoms with Gasteiger partial charge in [0.1, 0.15) is 11.5 Å². The molecule has 1 heterocycles. The molecule has 1 aromatic carbocycles. The number of benzene rings is 1. The highest BCUT2D eigenvalue weighted by Crippen LogP contribution is 2.15. The Balaban J connectivity index is 1.81. The maximum absolute atomic E-state index is 12.2. The standard InChI is InChI=1S/C18H25NO4/c1-13(20)4-5-16-6-8-17(9-7-16)22-12-18(21)19-10-14(2)23-15(3)11-19/h6-9,14-15H,4-5,10-12H2,1-3H3. The van der Waals surface area contributed by atoms with Crippen molar-refractivity contribution in [1.29, 1.82) is 0 Å². The molecular weight excluding hydrogens is 294 g/mol. The first-order valence-corrected chi connectivity index (χ1v) is 8.08. The van der Waals surface area contributed by atoms with Crippen LogP contribution in [0.2, 0.25) is 0 Å². The first-order chi connectivity index (χ1) is 10.9. The molecule has 0 bridgehead atoms. The van der Waals surface area contributed by atoms with E-state index in [2.05, 4.69) is 0 Å². The van der Waals surface area contributed by atoms with E-state index in [1.807, 2.05) is 38.1 Å². The third-order valence-electron chi connectivity index (χ3n) is 3.82. The second kappa shape index (κ2) is 8.11. The van der Waals surface area contributed by atoms with Crippen molar-refractivity contribution >= 4 is 11.7 Å². The van der Waals surface area contributed by atoms with Gasteiger partial charge in [-0.2, -0.15) is 0 Å². The molecule has 23 heavy (non-hydrogen) atoms. The van der Waals surface area contributed by atoms with Crippen molar-refractivity contribution in [2.45, 2.75) is 45.8 Å². The predicted molar refractivity (Wildman–Crippen MR) is 87.5 cm³/mol. The number of nitrogens with zero attached hydrogens (tertiary/aromatic N) is 1. The quantitative estimate of drug-likeness (QED) is 0.807. The van der Waals surface area contributed by atoms with E-state index in [1.165, 1.54) is 0 Å². The lowest BCUT2D eigenvalue weighted by atomic mass is 10.1. The van der Waals surface area contributed by atoms with Gasteiger partial charge >= 0.3 is 0 Å². The highest BCUT2D eigenvalue weighted by molar-refractivity contribution is 5.78. The van der Waals surface area contributed by atoms with Crippen LogP contribution in [0.1, 0.15) is 32.8 Å². The predicted octanol–water partition coefficient (Wildman–Crippen LogP) is 2.22. The molecule has 0 spiro atoms. The van der Waals surface area contributed by atoms with E-state index in [-0.39, 0.29) is 30.5 Å². The van der Waals surface area contributed by atoms with Crippen LogP contribution in [0.15, 0.2) is 24.3 Å². The lowest BCUT2D eigenvalue weighted by molar-refractivity contribution is -0.145. The minimum Gasteiger partial charge on any atom is -0.484 e. The fourth-order valence-corrected chi connectivity index (χ4v) is 2.69. The molecule has 0 radical (unpaired) electrons. The maximum atomic E-state index is 12.2. The van der Waals surface area contributed by atoms with Crippen LogP contribution in [-0.2, 0) is 20.7 Å². The van der Waals surface area contributed by atoms with Crippen LogP contribution in [0.25, 0.3) is 0 Å². The third kappa shape index (κ3) is 5.67. The number of carbonyl (C=O) groups excluding carboxylic acids is 2. The summed E-state index contributed by atoms with van der Waals surface area (Å²) in [6.07, 6.45) is 1.40. The van der Waals surface area contributed by atoms with Crippen LogP contribution >= 0.6 is 0 Å². The molecule has 2 unspecified atom stereocenters. The number of hydrogen-bond acceptors (Lipinski definition) is 4. The molecular formula is C18H25NO4. The molecule has 1 amide bonds. The molecule has 1 saturated heterocycles. The van der Waals surface area contributed by atoms with Crippen molar-refractivity contribution in [1.82, 2.24) is 4.90 Å². The Labute approximate surface area is 137 Å². The first-order valence-electron chi connectivity index (χ1n) is 8.08. The summed E-state index contributed by atoms with van der Waals surface area (Å²) in [5, 5.41) is 0. The topological polar surface area (TPSA) is 55.8 Å². The molecule has 0 N–H and O–H groups in total. The average Bonchev–Trinajstić information content (AvgIpc) is 2.50. The summed E-state index contributed by atoms with van der Waals surface area (Å²) in [4.78, 5) is 25.0. The van der Waals surface area contributed by atoms with Gasteiger partial charge in [0.25, 0.3) is 5.91 Å². The SMILES string of the molecule is CC(=O)CCc1ccc(OCC(=O)N2CC(C)OC(C)C2)cc1. The normalized spacial score (nSPS) is 21.1. The van der Waals surface area contributed by atoms with Gasteiger partial charge < -0.3 is 19.2 Å². The largest absolute Gasteiger partial charge is 0.484 e. The zero-order valence-corrected chi connectivity index (χ0v) is 14.1. The Kier molecular flexibility index (Phi) is 6.16. The number of ether oxygens (including phenoxy) is 2. The molecule has 5 nitrogen and oxygen atoms in total. The van der Waals surface area contributed by atoms with E-state index in [0.29, 0.717) is 25.3 Å². The summed E-state index contributed by atoms with van der Waals surface area (Å²) in [6.45, 7) is 6.78. The minimum atomic E-state index is -0.0207. The third-order valence-corrected chi connectivity index (χ3v) is 3.82. The number of Topliss-reactive ketones (excluding diaryl/α,β-unsaturated/α-hetero) is 1. The molecule has 126 valence electrons. The number of amides is 1. The van der Waals surface area contributed by atoms with Crippen molar-refractivity contribution < 1.29 is 19.1 Å². The zero-order valence-electron chi connectivity index (χ0n) is 14.1. The van der Waals surface area contributed by atoms with Gasteiger partial charge in [-0.05, 0) is 44.9 Å². The molecule has 1 fully saturated rings. The van der Waals surface area contributed by atoms with Crippen LogP contribution in [0.3, 0.4) is 0 Å². The lowest BCUT2D eigenvalue weighted by Crippen LogP contribution is -2.49. The first kappa shape index (κ1) is 17.5. The smallest absolute Gasteiger partial charge is 0.260 e. The number of carbonyl (C=O) groups is 2. The molecule has 1 aromatic rings. The summed E-state index contributed by atoms with van der Waals surface area (Å²) in [5.41, 5.74) is 1.09. The number of rotatable bonds is 6. The Morgan fingerprint density at radius 1 is 1.17 bits per heavy atom. The highest BCUT2D eigenvalue weighted by Gasteiger charge is 2.25. The van der Waals surface area contributed by atoms with Crippen molar-refractivity contribution in [3.63, 3.8) is 0 Å².